The van der Waals surface area contributed by atoms with Crippen LogP contribution in [0.15, 0.2) is 48.5 Å². The summed E-state index contributed by atoms with van der Waals surface area (Å²) in [4.78, 5) is 22.4. The number of nitrogens with one attached hydrogen (secondary N) is 1. The van der Waals surface area contributed by atoms with Gasteiger partial charge < -0.3 is 10.1 Å². The number of nitro groups is 1. The van der Waals surface area contributed by atoms with E-state index >= 15 is 0 Å². The summed E-state index contributed by atoms with van der Waals surface area (Å²) in [5, 5.41) is 13.3. The van der Waals surface area contributed by atoms with Crippen LogP contribution in [0.1, 0.15) is 18.9 Å². The predicted octanol–water partition coefficient (Wildman–Crippen LogP) is 3.70. The van der Waals surface area contributed by atoms with Crippen LogP contribution in [-0.2, 0) is 4.79 Å². The standard InChI is InChI=1S/C17H18N2O4/c1-3-16(23-15-10-4-12(2)5-11-15)17(20)18-13-6-8-14(9-7-13)19(21)22/h4-11,16H,3H2,1-2H3,(H,18,20). The molecule has 0 aliphatic carbocycles. The monoisotopic (exact) mass is 314 g/mol. The molecule has 0 aromatic heterocycles. The van der Waals surface area contributed by atoms with Crippen LogP contribution in [0.4, 0.5) is 11.4 Å². The predicted molar refractivity (Wildman–Crippen MR) is 87.6 cm³/mol. The molecule has 0 saturated carbocycles. The zero-order valence-corrected chi connectivity index (χ0v) is 13.0. The fourth-order valence-electron chi connectivity index (χ4n) is 1.99. The lowest BCUT2D eigenvalue weighted by atomic mass is 10.2. The van der Waals surface area contributed by atoms with Gasteiger partial charge in [-0.2, -0.15) is 0 Å². The molecule has 120 valence electrons. The number of carbonyl (C=O) groups excluding carboxylic acids is 1. The second-order valence-electron chi connectivity index (χ2n) is 5.12. The lowest BCUT2D eigenvalue weighted by Gasteiger charge is -2.17. The molecule has 1 atom stereocenters. The molecule has 6 nitrogen and oxygen atoms in total. The van der Waals surface area contributed by atoms with Gasteiger partial charge in [0, 0.05) is 17.8 Å². The quantitative estimate of drug-likeness (QED) is 0.651. The molecule has 0 bridgehead atoms. The topological polar surface area (TPSA) is 81.5 Å². The minimum absolute atomic E-state index is 0.0223. The molecule has 1 N–H and O–H groups in total. The number of aryl methyl sites for hydroxylation is 1. The third-order valence-electron chi connectivity index (χ3n) is 3.31. The SMILES string of the molecule is CCC(Oc1ccc(C)cc1)C(=O)Nc1ccc([N+](=O)[O-])cc1. The van der Waals surface area contributed by atoms with Crippen molar-refractivity contribution in [1.82, 2.24) is 0 Å². The van der Waals surface area contributed by atoms with Gasteiger partial charge in [0.25, 0.3) is 11.6 Å². The summed E-state index contributed by atoms with van der Waals surface area (Å²) in [6, 6.07) is 13.1. The first-order valence-corrected chi connectivity index (χ1v) is 7.28. The number of non-ortho nitro benzene ring substituents is 1. The van der Waals surface area contributed by atoms with Crippen LogP contribution in [0.3, 0.4) is 0 Å². The van der Waals surface area contributed by atoms with Crippen LogP contribution < -0.4 is 10.1 Å². The van der Waals surface area contributed by atoms with Crippen LogP contribution in [0.2, 0.25) is 0 Å². The van der Waals surface area contributed by atoms with Gasteiger partial charge in [-0.1, -0.05) is 24.6 Å². The summed E-state index contributed by atoms with van der Waals surface area (Å²) in [5.41, 5.74) is 1.58. The molecular weight excluding hydrogens is 296 g/mol. The number of carbonyl (C=O) groups is 1. The van der Waals surface area contributed by atoms with Gasteiger partial charge in [0.05, 0.1) is 4.92 Å². The number of hydrogen-bond donors (Lipinski definition) is 1. The molecule has 0 saturated heterocycles. The summed E-state index contributed by atoms with van der Waals surface area (Å²) in [6.07, 6.45) is -0.125. The Morgan fingerprint density at radius 1 is 1.17 bits per heavy atom. The van der Waals surface area contributed by atoms with Gasteiger partial charge >= 0.3 is 0 Å². The average molecular weight is 314 g/mol. The maximum Gasteiger partial charge on any atom is 0.269 e. The smallest absolute Gasteiger partial charge is 0.269 e. The Morgan fingerprint density at radius 2 is 1.78 bits per heavy atom. The highest BCUT2D eigenvalue weighted by Crippen LogP contribution is 2.18. The Labute approximate surface area is 134 Å². The van der Waals surface area contributed by atoms with Crippen molar-refractivity contribution >= 4 is 17.3 Å². The first kappa shape index (κ1) is 16.5. The Bertz CT molecular complexity index is 681. The molecule has 6 heteroatoms. The first-order chi connectivity index (χ1) is 11.0. The average Bonchev–Trinajstić information content (AvgIpc) is 2.54. The van der Waals surface area contributed by atoms with Crippen LogP contribution in [-0.4, -0.2) is 16.9 Å². The fourth-order valence-corrected chi connectivity index (χ4v) is 1.99. The maximum absolute atomic E-state index is 12.3. The molecule has 2 aromatic carbocycles. The van der Waals surface area contributed by atoms with Gasteiger partial charge in [-0.15, -0.1) is 0 Å². The van der Waals surface area contributed by atoms with E-state index in [4.69, 9.17) is 4.74 Å². The van der Waals surface area contributed by atoms with E-state index in [0.29, 0.717) is 17.9 Å². The third kappa shape index (κ3) is 4.54. The van der Waals surface area contributed by atoms with Gasteiger partial charge in [0.1, 0.15) is 5.75 Å². The number of amides is 1. The van der Waals surface area contributed by atoms with Crippen molar-refractivity contribution in [2.75, 3.05) is 5.32 Å². The van der Waals surface area contributed by atoms with E-state index < -0.39 is 11.0 Å². The van der Waals surface area contributed by atoms with Gasteiger partial charge in [0.15, 0.2) is 6.10 Å². The molecule has 23 heavy (non-hydrogen) atoms. The Hall–Kier alpha value is -2.89. The van der Waals surface area contributed by atoms with E-state index in [-0.39, 0.29) is 11.6 Å². The molecular formula is C17H18N2O4. The molecule has 2 rings (SSSR count). The summed E-state index contributed by atoms with van der Waals surface area (Å²) in [5.74, 6) is 0.336. The van der Waals surface area contributed by atoms with Crippen molar-refractivity contribution in [3.63, 3.8) is 0 Å². The van der Waals surface area contributed by atoms with E-state index in [0.717, 1.165) is 5.56 Å². The number of anilines is 1. The van der Waals surface area contributed by atoms with Crippen molar-refractivity contribution < 1.29 is 14.5 Å². The number of nitrogens with zero attached hydrogens (tertiary/aromatic N) is 1. The molecule has 0 radical (unpaired) electrons. The fraction of sp³-hybridized carbons (Fsp3) is 0.235. The largest absolute Gasteiger partial charge is 0.481 e. The Balaban J connectivity index is 2.01. The zero-order chi connectivity index (χ0) is 16.8. The van der Waals surface area contributed by atoms with Gasteiger partial charge in [-0.3, -0.25) is 14.9 Å². The number of rotatable bonds is 6. The highest BCUT2D eigenvalue weighted by Gasteiger charge is 2.18. The van der Waals surface area contributed by atoms with E-state index in [9.17, 15) is 14.9 Å². The summed E-state index contributed by atoms with van der Waals surface area (Å²) >= 11 is 0. The van der Waals surface area contributed by atoms with E-state index in [1.165, 1.54) is 24.3 Å². The van der Waals surface area contributed by atoms with Crippen LogP contribution in [0, 0.1) is 17.0 Å². The Kier molecular flexibility index (Phi) is 5.30. The molecule has 1 amide bonds. The van der Waals surface area contributed by atoms with E-state index in [1.54, 1.807) is 0 Å². The van der Waals surface area contributed by atoms with Gasteiger partial charge in [-0.05, 0) is 37.6 Å². The number of hydrogen-bond acceptors (Lipinski definition) is 4. The highest BCUT2D eigenvalue weighted by molar-refractivity contribution is 5.94. The third-order valence-corrected chi connectivity index (χ3v) is 3.31. The van der Waals surface area contributed by atoms with E-state index in [2.05, 4.69) is 5.32 Å². The number of ether oxygens (including phenoxy) is 1. The minimum atomic E-state index is -0.632. The molecule has 0 aliphatic rings. The van der Waals surface area contributed by atoms with Crippen LogP contribution in [0.25, 0.3) is 0 Å². The Morgan fingerprint density at radius 3 is 2.30 bits per heavy atom. The maximum atomic E-state index is 12.3. The second kappa shape index (κ2) is 7.40. The van der Waals surface area contributed by atoms with Crippen molar-refractivity contribution in [3.8, 4) is 5.75 Å². The minimum Gasteiger partial charge on any atom is -0.481 e. The molecule has 2 aromatic rings. The van der Waals surface area contributed by atoms with Crippen molar-refractivity contribution in [3.05, 3.63) is 64.2 Å². The van der Waals surface area contributed by atoms with Crippen molar-refractivity contribution in [1.29, 1.82) is 0 Å². The number of nitro benzene ring substituents is 1. The molecule has 1 unspecified atom stereocenters. The molecule has 0 spiro atoms. The lowest BCUT2D eigenvalue weighted by Crippen LogP contribution is -2.32. The summed E-state index contributed by atoms with van der Waals surface area (Å²) < 4.78 is 5.69. The summed E-state index contributed by atoms with van der Waals surface area (Å²) in [6.45, 7) is 3.83. The molecule has 0 heterocycles. The van der Waals surface area contributed by atoms with Crippen molar-refractivity contribution in [2.45, 2.75) is 26.4 Å². The van der Waals surface area contributed by atoms with E-state index in [1.807, 2.05) is 38.1 Å². The van der Waals surface area contributed by atoms with Crippen molar-refractivity contribution in [2.24, 2.45) is 0 Å². The van der Waals surface area contributed by atoms with Crippen LogP contribution >= 0.6 is 0 Å². The van der Waals surface area contributed by atoms with Crippen LogP contribution in [0.5, 0.6) is 5.75 Å². The molecule has 0 fully saturated rings. The number of benzene rings is 2. The summed E-state index contributed by atoms with van der Waals surface area (Å²) in [7, 11) is 0. The zero-order valence-electron chi connectivity index (χ0n) is 13.0. The second-order valence-corrected chi connectivity index (χ2v) is 5.12. The first-order valence-electron chi connectivity index (χ1n) is 7.28. The van der Waals surface area contributed by atoms with Gasteiger partial charge in [-0.25, -0.2) is 0 Å². The van der Waals surface area contributed by atoms with Gasteiger partial charge in [0.2, 0.25) is 0 Å². The molecule has 0 aliphatic heterocycles. The highest BCUT2D eigenvalue weighted by atomic mass is 16.6. The lowest BCUT2D eigenvalue weighted by molar-refractivity contribution is -0.384. The normalized spacial score (nSPS) is 11.6.